The summed E-state index contributed by atoms with van der Waals surface area (Å²) in [6, 6.07) is 13.0. The lowest BCUT2D eigenvalue weighted by molar-refractivity contribution is 0.626. The number of rotatable bonds is 3. The minimum atomic E-state index is -1.25. The van der Waals surface area contributed by atoms with Gasteiger partial charge in [-0.1, -0.05) is 6.07 Å². The molecule has 0 amide bonds. The highest BCUT2D eigenvalue weighted by atomic mass is 32.2. The Bertz CT molecular complexity index is 818. The third-order valence-corrected chi connectivity index (χ3v) is 4.62. The number of hydrogen-bond acceptors (Lipinski definition) is 3. The molecule has 2 aromatic carbocycles. The van der Waals surface area contributed by atoms with Crippen molar-refractivity contribution in [3.63, 3.8) is 0 Å². The lowest BCUT2D eigenvalue weighted by Gasteiger charge is -2.08. The fraction of sp³-hybridized carbons (Fsp3) is 0.0625. The summed E-state index contributed by atoms with van der Waals surface area (Å²) >= 11 is 0. The smallest absolute Gasteiger partial charge is 0.123 e. The Hall–Kier alpha value is -2.27. The summed E-state index contributed by atoms with van der Waals surface area (Å²) in [5.74, 6) is -0.0188. The molecule has 3 rings (SSSR count). The Labute approximate surface area is 124 Å². The van der Waals surface area contributed by atoms with Gasteiger partial charge in [0.2, 0.25) is 0 Å². The molecule has 106 valence electrons. The van der Waals surface area contributed by atoms with Crippen molar-refractivity contribution in [2.45, 2.75) is 10.6 Å². The second-order valence-corrected chi connectivity index (χ2v) is 6.11. The second-order valence-electron chi connectivity index (χ2n) is 4.66. The second kappa shape index (κ2) is 5.61. The van der Waals surface area contributed by atoms with E-state index in [-0.39, 0.29) is 5.82 Å². The van der Waals surface area contributed by atoms with Gasteiger partial charge in [-0.25, -0.2) is 4.39 Å². The van der Waals surface area contributed by atoms with E-state index in [1.54, 1.807) is 24.4 Å². The largest absolute Gasteiger partial charge is 0.398 e. The van der Waals surface area contributed by atoms with Gasteiger partial charge in [0.25, 0.3) is 0 Å². The predicted molar refractivity (Wildman–Crippen MR) is 82.7 cm³/mol. The lowest BCUT2D eigenvalue weighted by atomic mass is 10.1. The highest BCUT2D eigenvalue weighted by molar-refractivity contribution is 7.84. The Morgan fingerprint density at radius 1 is 1.10 bits per heavy atom. The molecule has 2 N–H and O–H groups in total. The van der Waals surface area contributed by atoms with Crippen LogP contribution in [-0.2, 0) is 16.6 Å². The molecule has 1 heterocycles. The summed E-state index contributed by atoms with van der Waals surface area (Å²) in [4.78, 5) is 4.92. The van der Waals surface area contributed by atoms with Crippen LogP contribution in [0.2, 0.25) is 0 Å². The van der Waals surface area contributed by atoms with Crippen LogP contribution < -0.4 is 5.73 Å². The number of anilines is 1. The first-order valence-electron chi connectivity index (χ1n) is 6.41. The standard InChI is InChI=1S/C16H13FN2OS/c17-12-4-6-13(7-5-12)21(20)10-11-3-8-15(18)14-2-1-9-19-16(11)14/h1-9H,10,18H2. The van der Waals surface area contributed by atoms with E-state index in [0.29, 0.717) is 16.3 Å². The zero-order valence-corrected chi connectivity index (χ0v) is 11.9. The molecule has 1 atom stereocenters. The van der Waals surface area contributed by atoms with Crippen LogP contribution in [0.4, 0.5) is 10.1 Å². The Morgan fingerprint density at radius 2 is 1.86 bits per heavy atom. The molecular formula is C16H13FN2OS. The number of halogens is 1. The Balaban J connectivity index is 1.97. The molecule has 0 bridgehead atoms. The highest BCUT2D eigenvalue weighted by Crippen LogP contribution is 2.24. The minimum Gasteiger partial charge on any atom is -0.398 e. The van der Waals surface area contributed by atoms with Gasteiger partial charge in [0.05, 0.1) is 22.1 Å². The van der Waals surface area contributed by atoms with Crippen molar-refractivity contribution in [3.05, 3.63) is 66.1 Å². The summed E-state index contributed by atoms with van der Waals surface area (Å²) < 4.78 is 25.3. The van der Waals surface area contributed by atoms with Crippen molar-refractivity contribution < 1.29 is 8.60 Å². The summed E-state index contributed by atoms with van der Waals surface area (Å²) in [7, 11) is -1.25. The molecule has 0 fully saturated rings. The van der Waals surface area contributed by atoms with Gasteiger partial charge in [0.1, 0.15) is 5.82 Å². The van der Waals surface area contributed by atoms with Gasteiger partial charge >= 0.3 is 0 Å². The fourth-order valence-electron chi connectivity index (χ4n) is 2.18. The first-order valence-corrected chi connectivity index (χ1v) is 7.73. The molecular weight excluding hydrogens is 287 g/mol. The number of benzene rings is 2. The van der Waals surface area contributed by atoms with Crippen LogP contribution >= 0.6 is 0 Å². The first kappa shape index (κ1) is 13.7. The zero-order chi connectivity index (χ0) is 14.8. The molecule has 1 unspecified atom stereocenters. The van der Waals surface area contributed by atoms with E-state index < -0.39 is 10.8 Å². The van der Waals surface area contributed by atoms with E-state index in [1.165, 1.54) is 12.1 Å². The topological polar surface area (TPSA) is 56.0 Å². The molecule has 0 aliphatic carbocycles. The van der Waals surface area contributed by atoms with Crippen LogP contribution in [0.5, 0.6) is 0 Å². The Kier molecular flexibility index (Phi) is 3.66. The third-order valence-electron chi connectivity index (χ3n) is 3.25. The van der Waals surface area contributed by atoms with Crippen LogP contribution in [-0.4, -0.2) is 9.19 Å². The molecule has 0 spiro atoms. The molecule has 0 aliphatic heterocycles. The van der Waals surface area contributed by atoms with Crippen LogP contribution in [0, 0.1) is 5.82 Å². The highest BCUT2D eigenvalue weighted by Gasteiger charge is 2.10. The van der Waals surface area contributed by atoms with Gasteiger partial charge in [0.15, 0.2) is 0 Å². The number of pyridine rings is 1. The Morgan fingerprint density at radius 3 is 2.62 bits per heavy atom. The maximum atomic E-state index is 12.9. The van der Waals surface area contributed by atoms with Crippen molar-refractivity contribution in [2.24, 2.45) is 0 Å². The van der Waals surface area contributed by atoms with Gasteiger partial charge in [-0.2, -0.15) is 0 Å². The maximum absolute atomic E-state index is 12.9. The molecule has 5 heteroatoms. The molecule has 3 nitrogen and oxygen atoms in total. The van der Waals surface area contributed by atoms with Crippen LogP contribution in [0.1, 0.15) is 5.56 Å². The van der Waals surface area contributed by atoms with Crippen LogP contribution in [0.25, 0.3) is 10.9 Å². The number of nitrogen functional groups attached to an aromatic ring is 1. The SMILES string of the molecule is Nc1ccc(CS(=O)c2ccc(F)cc2)c2ncccc12. The zero-order valence-electron chi connectivity index (χ0n) is 11.1. The molecule has 3 aromatic rings. The van der Waals surface area contributed by atoms with Crippen molar-refractivity contribution in [1.29, 1.82) is 0 Å². The molecule has 1 aromatic heterocycles. The van der Waals surface area contributed by atoms with E-state index >= 15 is 0 Å². The van der Waals surface area contributed by atoms with Gasteiger partial charge < -0.3 is 5.73 Å². The van der Waals surface area contributed by atoms with Gasteiger partial charge in [-0.3, -0.25) is 9.19 Å². The minimum absolute atomic E-state index is 0.319. The van der Waals surface area contributed by atoms with E-state index in [0.717, 1.165) is 16.5 Å². The summed E-state index contributed by atoms with van der Waals surface area (Å²) in [6.07, 6.45) is 1.69. The normalized spacial score (nSPS) is 12.4. The van der Waals surface area contributed by atoms with E-state index in [1.807, 2.05) is 18.2 Å². The van der Waals surface area contributed by atoms with Crippen molar-refractivity contribution in [1.82, 2.24) is 4.98 Å². The number of hydrogen-bond donors (Lipinski definition) is 1. The fourth-order valence-corrected chi connectivity index (χ4v) is 3.30. The molecule has 0 aliphatic rings. The van der Waals surface area contributed by atoms with Gasteiger partial charge in [-0.15, -0.1) is 0 Å². The average Bonchev–Trinajstić information content (AvgIpc) is 2.51. The van der Waals surface area contributed by atoms with E-state index in [4.69, 9.17) is 5.73 Å². The number of nitrogens with zero attached hydrogens (tertiary/aromatic N) is 1. The van der Waals surface area contributed by atoms with Crippen LogP contribution in [0.3, 0.4) is 0 Å². The third kappa shape index (κ3) is 2.78. The first-order chi connectivity index (χ1) is 10.1. The molecule has 0 radical (unpaired) electrons. The van der Waals surface area contributed by atoms with Crippen molar-refractivity contribution in [3.8, 4) is 0 Å². The average molecular weight is 300 g/mol. The summed E-state index contributed by atoms with van der Waals surface area (Å²) in [5, 5.41) is 0.853. The maximum Gasteiger partial charge on any atom is 0.123 e. The number of nitrogens with two attached hydrogens (primary N) is 1. The summed E-state index contributed by atoms with van der Waals surface area (Å²) in [6.45, 7) is 0. The molecule has 0 saturated heterocycles. The van der Waals surface area contributed by atoms with Gasteiger partial charge in [0, 0.05) is 22.2 Å². The van der Waals surface area contributed by atoms with Gasteiger partial charge in [-0.05, 0) is 48.0 Å². The lowest BCUT2D eigenvalue weighted by Crippen LogP contribution is -2.00. The molecule has 21 heavy (non-hydrogen) atoms. The summed E-state index contributed by atoms with van der Waals surface area (Å²) in [5.41, 5.74) is 8.19. The molecule has 0 saturated carbocycles. The van der Waals surface area contributed by atoms with Crippen LogP contribution in [0.15, 0.2) is 59.6 Å². The number of fused-ring (bicyclic) bond motifs is 1. The van der Waals surface area contributed by atoms with Crippen molar-refractivity contribution >= 4 is 27.4 Å². The van der Waals surface area contributed by atoms with E-state index in [9.17, 15) is 8.60 Å². The quantitative estimate of drug-likeness (QED) is 0.755. The predicted octanol–water partition coefficient (Wildman–Crippen LogP) is 3.26. The monoisotopic (exact) mass is 300 g/mol. The number of aromatic nitrogens is 1. The van der Waals surface area contributed by atoms with Crippen molar-refractivity contribution in [2.75, 3.05) is 5.73 Å². The van der Waals surface area contributed by atoms with E-state index in [2.05, 4.69) is 4.98 Å².